The Balaban J connectivity index is 1.94. The first kappa shape index (κ1) is 21.2. The third kappa shape index (κ3) is 6.51. The zero-order valence-electron chi connectivity index (χ0n) is 17.5. The van der Waals surface area contributed by atoms with Crippen molar-refractivity contribution in [2.24, 2.45) is 4.99 Å². The van der Waals surface area contributed by atoms with Gasteiger partial charge in [-0.25, -0.2) is 4.99 Å². The largest absolute Gasteiger partial charge is 0.357 e. The van der Waals surface area contributed by atoms with E-state index in [1.807, 2.05) is 18.3 Å². The summed E-state index contributed by atoms with van der Waals surface area (Å²) in [6.07, 6.45) is 2.96. The third-order valence-electron chi connectivity index (χ3n) is 4.70. The molecule has 0 amide bonds. The molecule has 0 aliphatic heterocycles. The van der Waals surface area contributed by atoms with Gasteiger partial charge in [0, 0.05) is 43.3 Å². The highest BCUT2D eigenvalue weighted by Crippen LogP contribution is 2.16. The van der Waals surface area contributed by atoms with Crippen LogP contribution in [-0.2, 0) is 6.54 Å². The number of guanidine groups is 1. The van der Waals surface area contributed by atoms with Gasteiger partial charge >= 0.3 is 0 Å². The van der Waals surface area contributed by atoms with Crippen LogP contribution < -0.4 is 10.6 Å². The van der Waals surface area contributed by atoms with Gasteiger partial charge in [0.1, 0.15) is 0 Å². The van der Waals surface area contributed by atoms with Crippen molar-refractivity contribution in [3.63, 3.8) is 0 Å². The second-order valence-electron chi connectivity index (χ2n) is 7.39. The van der Waals surface area contributed by atoms with Gasteiger partial charge in [0.2, 0.25) is 0 Å². The minimum atomic E-state index is 0.576. The van der Waals surface area contributed by atoms with Gasteiger partial charge in [-0.05, 0) is 58.7 Å². The highest BCUT2D eigenvalue weighted by atomic mass is 15.2. The van der Waals surface area contributed by atoms with Crippen LogP contribution in [0, 0.1) is 0 Å². The number of benzene rings is 1. The van der Waals surface area contributed by atoms with E-state index in [-0.39, 0.29) is 0 Å². The normalized spacial score (nSPS) is 12.4. The molecule has 5 heteroatoms. The summed E-state index contributed by atoms with van der Waals surface area (Å²) in [6, 6.07) is 11.4. The van der Waals surface area contributed by atoms with Gasteiger partial charge in [0.25, 0.3) is 0 Å². The van der Waals surface area contributed by atoms with E-state index in [1.165, 1.54) is 10.9 Å². The summed E-state index contributed by atoms with van der Waals surface area (Å²) in [6.45, 7) is 14.6. The third-order valence-corrected chi connectivity index (χ3v) is 4.70. The maximum atomic E-state index is 4.77. The Morgan fingerprint density at radius 2 is 1.81 bits per heavy atom. The topological polar surface area (TPSA) is 52.6 Å². The number of hydrogen-bond donors (Lipinski definition) is 2. The number of hydrogen-bond acceptors (Lipinski definition) is 3. The summed E-state index contributed by atoms with van der Waals surface area (Å²) in [4.78, 5) is 11.7. The molecule has 0 atom stereocenters. The molecule has 0 bridgehead atoms. The molecular weight excluding hydrogens is 334 g/mol. The molecule has 27 heavy (non-hydrogen) atoms. The average Bonchev–Trinajstić information content (AvgIpc) is 2.65. The minimum Gasteiger partial charge on any atom is -0.357 e. The predicted octanol–water partition coefficient (Wildman–Crippen LogP) is 3.80. The number of rotatable bonds is 9. The second kappa shape index (κ2) is 10.9. The Bertz CT molecular complexity index is 710. The molecule has 5 nitrogen and oxygen atoms in total. The molecule has 1 aromatic heterocycles. The molecule has 2 aromatic rings. The van der Waals surface area contributed by atoms with Gasteiger partial charge in [-0.3, -0.25) is 9.88 Å². The molecule has 0 saturated heterocycles. The maximum absolute atomic E-state index is 4.77. The predicted molar refractivity (Wildman–Crippen MR) is 116 cm³/mol. The van der Waals surface area contributed by atoms with Gasteiger partial charge in [-0.2, -0.15) is 0 Å². The molecule has 0 aliphatic rings. The van der Waals surface area contributed by atoms with Crippen LogP contribution in [-0.4, -0.2) is 47.6 Å². The molecule has 2 rings (SSSR count). The average molecular weight is 370 g/mol. The number of aliphatic imine (C=N–C) groups is 1. The standard InChI is InChI=1S/C22H35N5/c1-6-23-22(25-13-9-15-27(17(2)3)18(4)5)26-16-19-12-14-24-21-11-8-7-10-20(19)21/h7-8,10-12,14,17-18H,6,9,13,15-16H2,1-5H3,(H2,23,25,26). The van der Waals surface area contributed by atoms with Gasteiger partial charge in [0.05, 0.1) is 12.1 Å². The molecule has 2 N–H and O–H groups in total. The fourth-order valence-corrected chi connectivity index (χ4v) is 3.38. The Kier molecular flexibility index (Phi) is 8.52. The van der Waals surface area contributed by atoms with E-state index in [4.69, 9.17) is 4.99 Å². The number of aromatic nitrogens is 1. The SMILES string of the molecule is CCNC(=NCc1ccnc2ccccc12)NCCCN(C(C)C)C(C)C. The summed E-state index contributed by atoms with van der Waals surface area (Å²) < 4.78 is 0. The highest BCUT2D eigenvalue weighted by Gasteiger charge is 2.12. The summed E-state index contributed by atoms with van der Waals surface area (Å²) in [5.41, 5.74) is 2.22. The maximum Gasteiger partial charge on any atom is 0.191 e. The molecule has 0 unspecified atom stereocenters. The summed E-state index contributed by atoms with van der Waals surface area (Å²) in [7, 11) is 0. The van der Waals surface area contributed by atoms with Crippen molar-refractivity contribution in [1.29, 1.82) is 0 Å². The van der Waals surface area contributed by atoms with Crippen LogP contribution in [0.4, 0.5) is 0 Å². The van der Waals surface area contributed by atoms with Crippen LogP contribution in [0.15, 0.2) is 41.5 Å². The van der Waals surface area contributed by atoms with E-state index in [1.54, 1.807) is 0 Å². The lowest BCUT2D eigenvalue weighted by molar-refractivity contribution is 0.173. The van der Waals surface area contributed by atoms with Crippen molar-refractivity contribution < 1.29 is 0 Å². The van der Waals surface area contributed by atoms with Crippen molar-refractivity contribution in [3.05, 3.63) is 42.1 Å². The first-order valence-electron chi connectivity index (χ1n) is 10.1. The molecule has 0 spiro atoms. The van der Waals surface area contributed by atoms with E-state index < -0.39 is 0 Å². The fourth-order valence-electron chi connectivity index (χ4n) is 3.38. The molecule has 1 aromatic carbocycles. The van der Waals surface area contributed by atoms with Crippen LogP contribution >= 0.6 is 0 Å². The first-order chi connectivity index (χ1) is 13.0. The Morgan fingerprint density at radius 1 is 1.07 bits per heavy atom. The Morgan fingerprint density at radius 3 is 2.52 bits per heavy atom. The number of nitrogens with one attached hydrogen (secondary N) is 2. The lowest BCUT2D eigenvalue weighted by Crippen LogP contribution is -2.41. The number of pyridine rings is 1. The monoisotopic (exact) mass is 369 g/mol. The summed E-state index contributed by atoms with van der Waals surface area (Å²) >= 11 is 0. The molecule has 0 fully saturated rings. The highest BCUT2D eigenvalue weighted by molar-refractivity contribution is 5.83. The van der Waals surface area contributed by atoms with Crippen LogP contribution in [0.1, 0.15) is 46.6 Å². The number of fused-ring (bicyclic) bond motifs is 1. The smallest absolute Gasteiger partial charge is 0.191 e. The van der Waals surface area contributed by atoms with E-state index in [9.17, 15) is 0 Å². The minimum absolute atomic E-state index is 0.576. The van der Waals surface area contributed by atoms with Crippen LogP contribution in [0.25, 0.3) is 10.9 Å². The van der Waals surface area contributed by atoms with E-state index in [0.717, 1.165) is 37.5 Å². The lowest BCUT2D eigenvalue weighted by Gasteiger charge is -2.30. The second-order valence-corrected chi connectivity index (χ2v) is 7.39. The van der Waals surface area contributed by atoms with Gasteiger partial charge in [-0.1, -0.05) is 18.2 Å². The summed E-state index contributed by atoms with van der Waals surface area (Å²) in [5, 5.41) is 7.98. The van der Waals surface area contributed by atoms with Gasteiger partial charge < -0.3 is 10.6 Å². The zero-order chi connectivity index (χ0) is 19.6. The number of nitrogens with zero attached hydrogens (tertiary/aromatic N) is 3. The van der Waals surface area contributed by atoms with Crippen molar-refractivity contribution in [2.45, 2.75) is 59.7 Å². The van der Waals surface area contributed by atoms with E-state index in [0.29, 0.717) is 18.6 Å². The molecule has 148 valence electrons. The Labute approximate surface area is 164 Å². The van der Waals surface area contributed by atoms with Crippen LogP contribution in [0.3, 0.4) is 0 Å². The zero-order valence-corrected chi connectivity index (χ0v) is 17.5. The van der Waals surface area contributed by atoms with Crippen molar-refractivity contribution in [3.8, 4) is 0 Å². The van der Waals surface area contributed by atoms with Crippen LogP contribution in [0.5, 0.6) is 0 Å². The van der Waals surface area contributed by atoms with E-state index >= 15 is 0 Å². The molecule has 0 saturated carbocycles. The molecule has 0 aliphatic carbocycles. The van der Waals surface area contributed by atoms with Crippen molar-refractivity contribution in [2.75, 3.05) is 19.6 Å². The van der Waals surface area contributed by atoms with Gasteiger partial charge in [0.15, 0.2) is 5.96 Å². The number of para-hydroxylation sites is 1. The van der Waals surface area contributed by atoms with E-state index in [2.05, 4.69) is 73.3 Å². The van der Waals surface area contributed by atoms with Gasteiger partial charge in [-0.15, -0.1) is 0 Å². The fraction of sp³-hybridized carbons (Fsp3) is 0.545. The molecule has 0 radical (unpaired) electrons. The lowest BCUT2D eigenvalue weighted by atomic mass is 10.1. The quantitative estimate of drug-likeness (QED) is 0.401. The van der Waals surface area contributed by atoms with Crippen LogP contribution in [0.2, 0.25) is 0 Å². The molecule has 1 heterocycles. The molecular formula is C22H35N5. The summed E-state index contributed by atoms with van der Waals surface area (Å²) in [5.74, 6) is 0.874. The van der Waals surface area contributed by atoms with Crippen molar-refractivity contribution >= 4 is 16.9 Å². The first-order valence-corrected chi connectivity index (χ1v) is 10.1. The van der Waals surface area contributed by atoms with Crippen molar-refractivity contribution in [1.82, 2.24) is 20.5 Å². The Hall–Kier alpha value is -2.14.